The van der Waals surface area contributed by atoms with Crippen molar-refractivity contribution in [1.82, 2.24) is 10.2 Å². The molecule has 0 atom stereocenters. The molecular weight excluding hydrogens is 336 g/mol. The third-order valence-corrected chi connectivity index (χ3v) is 5.63. The number of hydrogen-bond donors (Lipinski definition) is 2. The maximum Gasteiger partial charge on any atom is 0.188 e. The van der Waals surface area contributed by atoms with E-state index in [1.54, 1.807) is 0 Å². The van der Waals surface area contributed by atoms with Crippen molar-refractivity contribution >= 4 is 17.6 Å². The molecule has 0 amide bonds. The van der Waals surface area contributed by atoms with Crippen LogP contribution in [0.5, 0.6) is 0 Å². The first kappa shape index (κ1) is 18.5. The standard InChI is InChI=1S/C19H29ClN4O/c20-17-5-3-16(4-6-17)19(7-1-8-19)15-23-18(21)22-9-2-10-24-11-13-25-14-12-24/h3-6H,1-2,7-15H2,(H3,21,22,23). The molecule has 3 rings (SSSR count). The third-order valence-electron chi connectivity index (χ3n) is 5.38. The summed E-state index contributed by atoms with van der Waals surface area (Å²) in [5.74, 6) is 0.558. The van der Waals surface area contributed by atoms with Crippen LogP contribution in [0.1, 0.15) is 31.2 Å². The highest BCUT2D eigenvalue weighted by molar-refractivity contribution is 6.30. The number of nitrogens with zero attached hydrogens (tertiary/aromatic N) is 2. The van der Waals surface area contributed by atoms with Crippen LogP contribution >= 0.6 is 11.6 Å². The fourth-order valence-electron chi connectivity index (χ4n) is 3.58. The van der Waals surface area contributed by atoms with Gasteiger partial charge in [0.1, 0.15) is 0 Å². The molecule has 1 heterocycles. The van der Waals surface area contributed by atoms with Crippen molar-refractivity contribution in [3.8, 4) is 0 Å². The van der Waals surface area contributed by atoms with Gasteiger partial charge in [0, 0.05) is 30.1 Å². The van der Waals surface area contributed by atoms with Gasteiger partial charge in [-0.3, -0.25) is 9.89 Å². The van der Waals surface area contributed by atoms with Crippen molar-refractivity contribution < 1.29 is 4.74 Å². The second-order valence-corrected chi connectivity index (χ2v) is 7.51. The topological polar surface area (TPSA) is 62.9 Å². The smallest absolute Gasteiger partial charge is 0.188 e. The first-order valence-electron chi connectivity index (χ1n) is 9.28. The quantitative estimate of drug-likeness (QED) is 0.443. The van der Waals surface area contributed by atoms with Crippen LogP contribution in [0.2, 0.25) is 5.02 Å². The normalized spacial score (nSPS) is 20.9. The second kappa shape index (κ2) is 8.88. The number of nitrogens with two attached hydrogens (primary N) is 1. The molecule has 138 valence electrons. The van der Waals surface area contributed by atoms with Crippen molar-refractivity contribution in [3.05, 3.63) is 34.9 Å². The zero-order valence-corrected chi connectivity index (χ0v) is 15.6. The molecule has 0 aromatic heterocycles. The fourth-order valence-corrected chi connectivity index (χ4v) is 3.71. The average molecular weight is 365 g/mol. The van der Waals surface area contributed by atoms with Gasteiger partial charge in [0.15, 0.2) is 5.96 Å². The van der Waals surface area contributed by atoms with E-state index in [2.05, 4.69) is 27.3 Å². The van der Waals surface area contributed by atoms with Crippen LogP contribution in [0, 0.1) is 0 Å². The Morgan fingerprint density at radius 3 is 2.60 bits per heavy atom. The number of halogens is 1. The Hall–Kier alpha value is -1.30. The van der Waals surface area contributed by atoms with Gasteiger partial charge in [0.25, 0.3) is 0 Å². The highest BCUT2D eigenvalue weighted by Gasteiger charge is 2.38. The molecule has 1 aliphatic carbocycles. The Kier molecular flexibility index (Phi) is 6.57. The van der Waals surface area contributed by atoms with Crippen LogP contribution in [0.3, 0.4) is 0 Å². The SMILES string of the molecule is NC(=NCC1(c2ccc(Cl)cc2)CCC1)NCCCN1CCOCC1. The Labute approximate surface area is 155 Å². The summed E-state index contributed by atoms with van der Waals surface area (Å²) < 4.78 is 5.36. The van der Waals surface area contributed by atoms with Gasteiger partial charge < -0.3 is 15.8 Å². The fraction of sp³-hybridized carbons (Fsp3) is 0.632. The van der Waals surface area contributed by atoms with E-state index < -0.39 is 0 Å². The van der Waals surface area contributed by atoms with Crippen LogP contribution in [-0.4, -0.2) is 56.8 Å². The summed E-state index contributed by atoms with van der Waals surface area (Å²) in [6.07, 6.45) is 4.66. The van der Waals surface area contributed by atoms with E-state index in [0.717, 1.165) is 57.4 Å². The zero-order valence-electron chi connectivity index (χ0n) is 14.8. The molecule has 6 heteroatoms. The number of guanidine groups is 1. The molecule has 1 saturated heterocycles. The predicted octanol–water partition coefficient (Wildman–Crippen LogP) is 2.39. The Balaban J connectivity index is 1.43. The predicted molar refractivity (Wildman–Crippen MR) is 103 cm³/mol. The van der Waals surface area contributed by atoms with Gasteiger partial charge in [-0.05, 0) is 43.5 Å². The molecule has 0 radical (unpaired) electrons. The van der Waals surface area contributed by atoms with Crippen LogP contribution in [-0.2, 0) is 10.2 Å². The van der Waals surface area contributed by atoms with E-state index in [9.17, 15) is 0 Å². The Morgan fingerprint density at radius 2 is 1.96 bits per heavy atom. The number of nitrogens with one attached hydrogen (secondary N) is 1. The van der Waals surface area contributed by atoms with E-state index in [0.29, 0.717) is 5.96 Å². The number of aliphatic imine (C=N–C) groups is 1. The molecule has 5 nitrogen and oxygen atoms in total. The minimum absolute atomic E-state index is 0.144. The molecule has 3 N–H and O–H groups in total. The molecule has 1 aliphatic heterocycles. The summed E-state index contributed by atoms with van der Waals surface area (Å²) in [7, 11) is 0. The molecule has 1 aromatic carbocycles. The van der Waals surface area contributed by atoms with Gasteiger partial charge in [0.05, 0.1) is 19.8 Å². The van der Waals surface area contributed by atoms with Crippen molar-refractivity contribution in [3.63, 3.8) is 0 Å². The van der Waals surface area contributed by atoms with Crippen LogP contribution < -0.4 is 11.1 Å². The van der Waals surface area contributed by atoms with Gasteiger partial charge in [-0.1, -0.05) is 30.2 Å². The number of ether oxygens (including phenoxy) is 1. The average Bonchev–Trinajstić information content (AvgIpc) is 2.60. The zero-order chi connectivity index (χ0) is 17.5. The molecule has 0 spiro atoms. The molecular formula is C19H29ClN4O. The van der Waals surface area contributed by atoms with Crippen LogP contribution in [0.4, 0.5) is 0 Å². The molecule has 25 heavy (non-hydrogen) atoms. The summed E-state index contributed by atoms with van der Waals surface area (Å²) in [4.78, 5) is 7.05. The molecule has 1 saturated carbocycles. The summed E-state index contributed by atoms with van der Waals surface area (Å²) in [6.45, 7) is 6.46. The van der Waals surface area contributed by atoms with Gasteiger partial charge in [-0.25, -0.2) is 0 Å². The monoisotopic (exact) mass is 364 g/mol. The number of morpholine rings is 1. The second-order valence-electron chi connectivity index (χ2n) is 7.08. The lowest BCUT2D eigenvalue weighted by molar-refractivity contribution is 0.0376. The van der Waals surface area contributed by atoms with Gasteiger partial charge in [-0.15, -0.1) is 0 Å². The molecule has 2 aliphatic rings. The van der Waals surface area contributed by atoms with Gasteiger partial charge in [-0.2, -0.15) is 0 Å². The molecule has 0 bridgehead atoms. The minimum atomic E-state index is 0.144. The largest absolute Gasteiger partial charge is 0.379 e. The van der Waals surface area contributed by atoms with E-state index in [1.165, 1.54) is 24.8 Å². The number of benzene rings is 1. The van der Waals surface area contributed by atoms with Crippen molar-refractivity contribution in [1.29, 1.82) is 0 Å². The highest BCUT2D eigenvalue weighted by Crippen LogP contribution is 2.44. The van der Waals surface area contributed by atoms with Crippen LogP contribution in [0.15, 0.2) is 29.3 Å². The lowest BCUT2D eigenvalue weighted by atomic mass is 9.64. The Bertz CT molecular complexity index is 565. The van der Waals surface area contributed by atoms with Crippen molar-refractivity contribution in [2.45, 2.75) is 31.1 Å². The summed E-state index contributed by atoms with van der Waals surface area (Å²) in [5, 5.41) is 4.03. The number of rotatable bonds is 7. The highest BCUT2D eigenvalue weighted by atomic mass is 35.5. The Morgan fingerprint density at radius 1 is 1.24 bits per heavy atom. The first-order chi connectivity index (χ1) is 12.2. The summed E-state index contributed by atoms with van der Waals surface area (Å²) >= 11 is 6.01. The van der Waals surface area contributed by atoms with E-state index in [1.807, 2.05) is 12.1 Å². The molecule has 1 aromatic rings. The molecule has 2 fully saturated rings. The lowest BCUT2D eigenvalue weighted by Crippen LogP contribution is -2.41. The van der Waals surface area contributed by atoms with Crippen molar-refractivity contribution in [2.24, 2.45) is 10.7 Å². The van der Waals surface area contributed by atoms with E-state index in [-0.39, 0.29) is 5.41 Å². The van der Waals surface area contributed by atoms with Gasteiger partial charge in [0.2, 0.25) is 0 Å². The van der Waals surface area contributed by atoms with Gasteiger partial charge >= 0.3 is 0 Å². The van der Waals surface area contributed by atoms with Crippen molar-refractivity contribution in [2.75, 3.05) is 45.9 Å². The summed E-state index contributed by atoms with van der Waals surface area (Å²) in [5.41, 5.74) is 7.53. The maximum absolute atomic E-state index is 6.07. The number of hydrogen-bond acceptors (Lipinski definition) is 3. The third kappa shape index (κ3) is 5.09. The lowest BCUT2D eigenvalue weighted by Gasteiger charge is -2.41. The summed E-state index contributed by atoms with van der Waals surface area (Å²) in [6, 6.07) is 8.19. The minimum Gasteiger partial charge on any atom is -0.379 e. The van der Waals surface area contributed by atoms with E-state index >= 15 is 0 Å². The maximum atomic E-state index is 6.07. The van der Waals surface area contributed by atoms with E-state index in [4.69, 9.17) is 22.1 Å². The molecule has 0 unspecified atom stereocenters. The first-order valence-corrected chi connectivity index (χ1v) is 9.66. The van der Waals surface area contributed by atoms with Crippen LogP contribution in [0.25, 0.3) is 0 Å².